The largest absolute Gasteiger partial charge is 0.338 e. The lowest BCUT2D eigenvalue weighted by Gasteiger charge is -2.17. The van der Waals surface area contributed by atoms with Gasteiger partial charge in [-0.1, -0.05) is 43.2 Å². The van der Waals surface area contributed by atoms with Gasteiger partial charge in [0.25, 0.3) is 5.95 Å². The Hall–Kier alpha value is -4.32. The van der Waals surface area contributed by atoms with Gasteiger partial charge < -0.3 is 9.42 Å². The van der Waals surface area contributed by atoms with E-state index in [-0.39, 0.29) is 18.1 Å². The van der Waals surface area contributed by atoms with Crippen LogP contribution in [0.15, 0.2) is 53.1 Å². The first-order valence-corrected chi connectivity index (χ1v) is 11.8. The van der Waals surface area contributed by atoms with E-state index in [2.05, 4.69) is 39.0 Å². The normalized spacial score (nSPS) is 10.7. The molecule has 0 N–H and O–H groups in total. The summed E-state index contributed by atoms with van der Waals surface area (Å²) >= 11 is 0. The summed E-state index contributed by atoms with van der Waals surface area (Å²) in [7, 11) is 0. The van der Waals surface area contributed by atoms with E-state index in [0.29, 0.717) is 41.9 Å². The van der Waals surface area contributed by atoms with E-state index in [0.717, 1.165) is 24.2 Å². The zero-order valence-corrected chi connectivity index (χ0v) is 20.5. The van der Waals surface area contributed by atoms with Crippen LogP contribution in [0.4, 0.5) is 10.3 Å². The van der Waals surface area contributed by atoms with Crippen molar-refractivity contribution in [3.05, 3.63) is 65.9 Å². The minimum absolute atomic E-state index is 0.0138. The highest BCUT2D eigenvalue weighted by atomic mass is 19.1. The molecule has 3 heterocycles. The van der Waals surface area contributed by atoms with E-state index < -0.39 is 0 Å². The summed E-state index contributed by atoms with van der Waals surface area (Å²) in [6, 6.07) is 14.4. The van der Waals surface area contributed by atoms with Gasteiger partial charge in [0, 0.05) is 26.4 Å². The van der Waals surface area contributed by atoms with Gasteiger partial charge in [-0.25, -0.2) is 9.37 Å². The number of nitrogens with zero attached hydrogens (tertiary/aromatic N) is 6. The molecular weight excluding hydrogens is 459 g/mol. The molecule has 0 amide bonds. The van der Waals surface area contributed by atoms with Crippen molar-refractivity contribution in [3.8, 4) is 34.5 Å². The van der Waals surface area contributed by atoms with Crippen molar-refractivity contribution in [2.45, 2.75) is 40.2 Å². The third-order valence-electron chi connectivity index (χ3n) is 5.45. The van der Waals surface area contributed by atoms with E-state index in [9.17, 15) is 9.18 Å². The number of anilines is 1. The number of Topliss-reactive ketones (excluding diaryl/α,β-unsaturated/α-hetero) is 1. The van der Waals surface area contributed by atoms with E-state index in [1.807, 2.05) is 41.3 Å². The van der Waals surface area contributed by atoms with Crippen LogP contribution in [0, 0.1) is 31.5 Å². The fourth-order valence-electron chi connectivity index (χ4n) is 3.72. The van der Waals surface area contributed by atoms with Crippen LogP contribution in [0.3, 0.4) is 0 Å². The molecule has 0 saturated heterocycles. The first kappa shape index (κ1) is 24.8. The van der Waals surface area contributed by atoms with Gasteiger partial charge in [-0.15, -0.1) is 0 Å². The average molecular weight is 487 g/mol. The minimum Gasteiger partial charge on any atom is -0.338 e. The summed E-state index contributed by atoms with van der Waals surface area (Å²) in [5, 5.41) is 8.57. The van der Waals surface area contributed by atoms with Crippen LogP contribution < -0.4 is 4.90 Å². The molecule has 36 heavy (non-hydrogen) atoms. The zero-order valence-electron chi connectivity index (χ0n) is 20.5. The van der Waals surface area contributed by atoms with Gasteiger partial charge in [0.15, 0.2) is 0 Å². The van der Waals surface area contributed by atoms with E-state index >= 15 is 0 Å². The third kappa shape index (κ3) is 6.02. The second-order valence-corrected chi connectivity index (χ2v) is 8.28. The number of rotatable bonds is 9. The van der Waals surface area contributed by atoms with Crippen LogP contribution in [-0.2, 0) is 11.3 Å². The Kier molecular flexibility index (Phi) is 7.85. The monoisotopic (exact) mass is 486 g/mol. The number of hydrogen-bond acceptors (Lipinski definition) is 7. The quantitative estimate of drug-likeness (QED) is 0.252. The maximum absolute atomic E-state index is 13.7. The molecule has 4 rings (SSSR count). The molecule has 9 heteroatoms. The van der Waals surface area contributed by atoms with Crippen LogP contribution in [-0.4, -0.2) is 43.8 Å². The molecule has 0 fully saturated rings. The smallest absolute Gasteiger partial charge is 0.266 e. The van der Waals surface area contributed by atoms with Gasteiger partial charge in [-0.05, 0) is 48.2 Å². The molecule has 4 aromatic rings. The summed E-state index contributed by atoms with van der Waals surface area (Å²) in [5.74, 6) is 6.08. The molecule has 0 unspecified atom stereocenters. The Labute approximate surface area is 209 Å². The Morgan fingerprint density at radius 2 is 1.89 bits per heavy atom. The number of benzene rings is 1. The van der Waals surface area contributed by atoms with Gasteiger partial charge in [0.2, 0.25) is 11.7 Å². The molecule has 0 aliphatic heterocycles. The first-order chi connectivity index (χ1) is 17.4. The predicted octanol–water partition coefficient (Wildman–Crippen LogP) is 4.63. The Morgan fingerprint density at radius 1 is 1.08 bits per heavy atom. The van der Waals surface area contributed by atoms with Crippen LogP contribution in [0.2, 0.25) is 0 Å². The van der Waals surface area contributed by atoms with Crippen LogP contribution >= 0.6 is 0 Å². The second kappa shape index (κ2) is 11.4. The number of carbonyl (C=O) groups is 1. The molecule has 0 atom stereocenters. The standard InChI is InChI=1S/C27H27FN6O2/c1-4-15-33(27-30-20(3)36-32-27)16-9-8-12-22(35)18-34-26(21-10-6-5-7-11-21)17-25(31-34)24-14-13-23(28)19(2)29-24/h5-7,10-11,13-14,17H,4,9,15-16,18H2,1-3H3. The zero-order chi connectivity index (χ0) is 25.5. The van der Waals surface area contributed by atoms with Crippen molar-refractivity contribution in [3.63, 3.8) is 0 Å². The third-order valence-corrected chi connectivity index (χ3v) is 5.45. The molecule has 0 saturated carbocycles. The molecule has 0 spiro atoms. The van der Waals surface area contributed by atoms with E-state index in [1.54, 1.807) is 24.6 Å². The first-order valence-electron chi connectivity index (χ1n) is 11.8. The molecule has 3 aromatic heterocycles. The molecule has 0 aliphatic carbocycles. The Morgan fingerprint density at radius 3 is 2.58 bits per heavy atom. The topological polar surface area (TPSA) is 89.9 Å². The van der Waals surface area contributed by atoms with Gasteiger partial charge in [0.05, 0.1) is 17.1 Å². The van der Waals surface area contributed by atoms with Gasteiger partial charge in [-0.3, -0.25) is 9.48 Å². The van der Waals surface area contributed by atoms with Crippen molar-refractivity contribution >= 4 is 11.7 Å². The lowest BCUT2D eigenvalue weighted by molar-refractivity contribution is -0.114. The van der Waals surface area contributed by atoms with Gasteiger partial charge >= 0.3 is 0 Å². The van der Waals surface area contributed by atoms with Crippen molar-refractivity contribution < 1.29 is 13.7 Å². The van der Waals surface area contributed by atoms with Crippen LogP contribution in [0.5, 0.6) is 0 Å². The fraction of sp³-hybridized carbons (Fsp3) is 0.296. The lowest BCUT2D eigenvalue weighted by atomic mass is 10.1. The summed E-state index contributed by atoms with van der Waals surface area (Å²) in [5.41, 5.74) is 3.05. The van der Waals surface area contributed by atoms with E-state index in [1.165, 1.54) is 6.07 Å². The van der Waals surface area contributed by atoms with Crippen molar-refractivity contribution in [2.75, 3.05) is 18.0 Å². The molecule has 8 nitrogen and oxygen atoms in total. The van der Waals surface area contributed by atoms with Gasteiger partial charge in [0.1, 0.15) is 18.1 Å². The number of carbonyl (C=O) groups excluding carboxylic acids is 1. The number of halogens is 1. The summed E-state index contributed by atoms with van der Waals surface area (Å²) in [6.45, 7) is 6.76. The number of pyridine rings is 1. The highest BCUT2D eigenvalue weighted by molar-refractivity contribution is 5.95. The molecule has 184 valence electrons. The maximum Gasteiger partial charge on any atom is 0.266 e. The Bertz CT molecular complexity index is 1400. The molecule has 0 radical (unpaired) electrons. The Balaban J connectivity index is 1.50. The van der Waals surface area contributed by atoms with Crippen molar-refractivity contribution in [2.24, 2.45) is 0 Å². The van der Waals surface area contributed by atoms with Crippen LogP contribution in [0.1, 0.15) is 31.4 Å². The fourth-order valence-corrected chi connectivity index (χ4v) is 3.72. The average Bonchev–Trinajstić information content (AvgIpc) is 3.50. The predicted molar refractivity (Wildman–Crippen MR) is 135 cm³/mol. The number of ketones is 1. The van der Waals surface area contributed by atoms with Gasteiger partial charge in [-0.2, -0.15) is 10.1 Å². The number of aromatic nitrogens is 5. The second-order valence-electron chi connectivity index (χ2n) is 8.28. The highest BCUT2D eigenvalue weighted by Crippen LogP contribution is 2.26. The van der Waals surface area contributed by atoms with Crippen LogP contribution in [0.25, 0.3) is 22.6 Å². The van der Waals surface area contributed by atoms with Crippen molar-refractivity contribution in [1.82, 2.24) is 24.9 Å². The highest BCUT2D eigenvalue weighted by Gasteiger charge is 2.15. The van der Waals surface area contributed by atoms with Crippen molar-refractivity contribution in [1.29, 1.82) is 0 Å². The summed E-state index contributed by atoms with van der Waals surface area (Å²) < 4.78 is 20.4. The molecule has 1 aromatic carbocycles. The van der Waals surface area contributed by atoms with E-state index in [4.69, 9.17) is 4.52 Å². The molecular formula is C27H27FN6O2. The molecule has 0 bridgehead atoms. The summed E-state index contributed by atoms with van der Waals surface area (Å²) in [4.78, 5) is 23.3. The SMILES string of the molecule is CCCN(CCC#CC(=O)Cn1nc(-c2ccc(F)c(C)n2)cc1-c1ccccc1)c1noc(C)n1. The lowest BCUT2D eigenvalue weighted by Crippen LogP contribution is -2.26. The molecule has 0 aliphatic rings. The minimum atomic E-state index is -0.376. The maximum atomic E-state index is 13.7. The number of aryl methyl sites for hydroxylation is 2. The number of hydrogen-bond donors (Lipinski definition) is 0. The summed E-state index contributed by atoms with van der Waals surface area (Å²) in [6.07, 6.45) is 1.40.